The number of likely N-dealkylation sites (N-methyl/N-ethyl adjacent to an activating group) is 1. The van der Waals surface area contributed by atoms with Crippen LogP contribution in [0.1, 0.15) is 17.3 Å². The monoisotopic (exact) mass is 197 g/mol. The van der Waals surface area contributed by atoms with Crippen LogP contribution in [0.4, 0.5) is 0 Å². The lowest BCUT2D eigenvalue weighted by Gasteiger charge is -2.09. The molecule has 1 aromatic heterocycles. The molecule has 0 aliphatic heterocycles. The van der Waals surface area contributed by atoms with Gasteiger partial charge in [-0.1, -0.05) is 0 Å². The van der Waals surface area contributed by atoms with E-state index in [1.165, 1.54) is 0 Å². The highest BCUT2D eigenvalue weighted by molar-refractivity contribution is 5.06. The molecule has 0 aliphatic carbocycles. The highest BCUT2D eigenvalue weighted by Crippen LogP contribution is 2.08. The standard InChI is InChI=1S/C10H19N3O/c1-8-10(14-9(2)12-8)7-11-5-6-13(3)4/h11H,5-7H2,1-4H3. The van der Waals surface area contributed by atoms with Gasteiger partial charge in [0, 0.05) is 20.0 Å². The number of aromatic nitrogens is 1. The van der Waals surface area contributed by atoms with E-state index >= 15 is 0 Å². The van der Waals surface area contributed by atoms with Gasteiger partial charge in [0.2, 0.25) is 0 Å². The van der Waals surface area contributed by atoms with E-state index < -0.39 is 0 Å². The lowest BCUT2D eigenvalue weighted by molar-refractivity contribution is 0.389. The van der Waals surface area contributed by atoms with Gasteiger partial charge in [-0.05, 0) is 21.0 Å². The summed E-state index contributed by atoms with van der Waals surface area (Å²) >= 11 is 0. The molecule has 0 saturated carbocycles. The molecule has 4 nitrogen and oxygen atoms in total. The fraction of sp³-hybridized carbons (Fsp3) is 0.700. The Balaban J connectivity index is 2.28. The molecule has 0 fully saturated rings. The first-order valence-electron chi connectivity index (χ1n) is 4.88. The minimum absolute atomic E-state index is 0.743. The van der Waals surface area contributed by atoms with Gasteiger partial charge in [-0.3, -0.25) is 0 Å². The maximum absolute atomic E-state index is 5.43. The highest BCUT2D eigenvalue weighted by Gasteiger charge is 2.05. The summed E-state index contributed by atoms with van der Waals surface area (Å²) in [5.41, 5.74) is 0.986. The van der Waals surface area contributed by atoms with Gasteiger partial charge in [0.25, 0.3) is 0 Å². The van der Waals surface area contributed by atoms with Crippen molar-refractivity contribution in [1.82, 2.24) is 15.2 Å². The molecule has 1 heterocycles. The van der Waals surface area contributed by atoms with Gasteiger partial charge in [0.15, 0.2) is 5.89 Å². The molecule has 4 heteroatoms. The molecule has 80 valence electrons. The van der Waals surface area contributed by atoms with Crippen LogP contribution < -0.4 is 5.32 Å². The quantitative estimate of drug-likeness (QED) is 0.713. The summed E-state index contributed by atoms with van der Waals surface area (Å²) in [6.45, 7) is 6.61. The largest absolute Gasteiger partial charge is 0.444 e. The molecule has 0 aromatic carbocycles. The van der Waals surface area contributed by atoms with Gasteiger partial charge in [-0.15, -0.1) is 0 Å². The zero-order chi connectivity index (χ0) is 10.6. The van der Waals surface area contributed by atoms with Crippen molar-refractivity contribution in [2.24, 2.45) is 0 Å². The number of nitrogens with one attached hydrogen (secondary N) is 1. The zero-order valence-electron chi connectivity index (χ0n) is 9.42. The van der Waals surface area contributed by atoms with E-state index in [1.54, 1.807) is 0 Å². The Bertz CT molecular complexity index is 281. The molecule has 1 N–H and O–H groups in total. The third-order valence-electron chi connectivity index (χ3n) is 2.02. The maximum atomic E-state index is 5.43. The molecule has 1 aromatic rings. The van der Waals surface area contributed by atoms with Gasteiger partial charge < -0.3 is 14.6 Å². The zero-order valence-corrected chi connectivity index (χ0v) is 9.42. The first kappa shape index (κ1) is 11.2. The van der Waals surface area contributed by atoms with Crippen LogP contribution in [0.5, 0.6) is 0 Å². The normalized spacial score (nSPS) is 11.2. The van der Waals surface area contributed by atoms with Crippen molar-refractivity contribution in [3.8, 4) is 0 Å². The topological polar surface area (TPSA) is 41.3 Å². The van der Waals surface area contributed by atoms with E-state index in [2.05, 4.69) is 29.3 Å². The second kappa shape index (κ2) is 5.12. The Morgan fingerprint density at radius 2 is 2.07 bits per heavy atom. The first-order chi connectivity index (χ1) is 6.59. The molecule has 0 bridgehead atoms. The summed E-state index contributed by atoms with van der Waals surface area (Å²) in [4.78, 5) is 6.35. The molecule has 0 amide bonds. The van der Waals surface area contributed by atoms with Gasteiger partial charge in [0.05, 0.1) is 12.2 Å². The van der Waals surface area contributed by atoms with Crippen molar-refractivity contribution in [3.63, 3.8) is 0 Å². The Morgan fingerprint density at radius 3 is 2.57 bits per heavy atom. The molecule has 0 aliphatic rings. The van der Waals surface area contributed by atoms with Crippen molar-refractivity contribution < 1.29 is 4.42 Å². The van der Waals surface area contributed by atoms with Crippen LogP contribution in [0.25, 0.3) is 0 Å². The van der Waals surface area contributed by atoms with Gasteiger partial charge in [0.1, 0.15) is 5.76 Å². The van der Waals surface area contributed by atoms with E-state index in [0.29, 0.717) is 0 Å². The SMILES string of the molecule is Cc1nc(C)c(CNCCN(C)C)o1. The highest BCUT2D eigenvalue weighted by atomic mass is 16.4. The average molecular weight is 197 g/mol. The first-order valence-corrected chi connectivity index (χ1v) is 4.88. The molecule has 0 saturated heterocycles. The van der Waals surface area contributed by atoms with Crippen LogP contribution in [0.2, 0.25) is 0 Å². The predicted molar refractivity (Wildman–Crippen MR) is 56.2 cm³/mol. The van der Waals surface area contributed by atoms with E-state index in [1.807, 2.05) is 13.8 Å². The number of hydrogen-bond donors (Lipinski definition) is 1. The molecule has 0 radical (unpaired) electrons. The van der Waals surface area contributed by atoms with Gasteiger partial charge >= 0.3 is 0 Å². The third kappa shape index (κ3) is 3.47. The van der Waals surface area contributed by atoms with Crippen LogP contribution in [0.3, 0.4) is 0 Å². The summed E-state index contributed by atoms with van der Waals surface area (Å²) in [5.74, 6) is 1.69. The molecule has 0 unspecified atom stereocenters. The number of rotatable bonds is 5. The summed E-state index contributed by atoms with van der Waals surface area (Å²) < 4.78 is 5.43. The van der Waals surface area contributed by atoms with Crippen LogP contribution >= 0.6 is 0 Å². The summed E-state index contributed by atoms with van der Waals surface area (Å²) in [6.07, 6.45) is 0. The summed E-state index contributed by atoms with van der Waals surface area (Å²) in [5, 5.41) is 3.31. The van der Waals surface area contributed by atoms with Gasteiger partial charge in [-0.2, -0.15) is 0 Å². The van der Waals surface area contributed by atoms with Crippen molar-refractivity contribution in [3.05, 3.63) is 17.3 Å². The van der Waals surface area contributed by atoms with Gasteiger partial charge in [-0.25, -0.2) is 4.98 Å². The number of aryl methyl sites for hydroxylation is 2. The van der Waals surface area contributed by atoms with Crippen LogP contribution in [0, 0.1) is 13.8 Å². The van der Waals surface area contributed by atoms with Crippen molar-refractivity contribution in [2.75, 3.05) is 27.2 Å². The summed E-state index contributed by atoms with van der Waals surface area (Å²) in [6, 6.07) is 0. The van der Waals surface area contributed by atoms with E-state index in [4.69, 9.17) is 4.42 Å². The fourth-order valence-corrected chi connectivity index (χ4v) is 1.24. The lowest BCUT2D eigenvalue weighted by Crippen LogP contribution is -2.26. The lowest BCUT2D eigenvalue weighted by atomic mass is 10.3. The molecular weight excluding hydrogens is 178 g/mol. The fourth-order valence-electron chi connectivity index (χ4n) is 1.24. The Hall–Kier alpha value is -0.870. The third-order valence-corrected chi connectivity index (χ3v) is 2.02. The van der Waals surface area contributed by atoms with Crippen LogP contribution in [-0.4, -0.2) is 37.1 Å². The number of hydrogen-bond acceptors (Lipinski definition) is 4. The Kier molecular flexibility index (Phi) is 4.10. The Labute approximate surface area is 85.3 Å². The second-order valence-corrected chi connectivity index (χ2v) is 3.72. The molecule has 0 spiro atoms. The van der Waals surface area contributed by atoms with Crippen molar-refractivity contribution in [1.29, 1.82) is 0 Å². The van der Waals surface area contributed by atoms with Crippen LogP contribution in [0.15, 0.2) is 4.42 Å². The Morgan fingerprint density at radius 1 is 1.36 bits per heavy atom. The van der Waals surface area contributed by atoms with E-state index in [-0.39, 0.29) is 0 Å². The smallest absolute Gasteiger partial charge is 0.191 e. The minimum atomic E-state index is 0.743. The molecule has 1 rings (SSSR count). The van der Waals surface area contributed by atoms with Crippen molar-refractivity contribution in [2.45, 2.75) is 20.4 Å². The number of oxazole rings is 1. The molecular formula is C10H19N3O. The second-order valence-electron chi connectivity index (χ2n) is 3.72. The predicted octanol–water partition coefficient (Wildman–Crippen LogP) is 0.943. The van der Waals surface area contributed by atoms with E-state index in [9.17, 15) is 0 Å². The molecule has 0 atom stereocenters. The maximum Gasteiger partial charge on any atom is 0.191 e. The minimum Gasteiger partial charge on any atom is -0.444 e. The number of nitrogens with zero attached hydrogens (tertiary/aromatic N) is 2. The van der Waals surface area contributed by atoms with Crippen molar-refractivity contribution >= 4 is 0 Å². The van der Waals surface area contributed by atoms with E-state index in [0.717, 1.165) is 37.0 Å². The summed E-state index contributed by atoms with van der Waals surface area (Å²) in [7, 11) is 4.12. The molecule has 14 heavy (non-hydrogen) atoms. The van der Waals surface area contributed by atoms with Crippen LogP contribution in [-0.2, 0) is 6.54 Å². The average Bonchev–Trinajstić information content (AvgIpc) is 2.39.